The normalized spacial score (nSPS) is 23.9. The Morgan fingerprint density at radius 3 is 2.93 bits per heavy atom. The molecular formula is C12H18N2O. The summed E-state index contributed by atoms with van der Waals surface area (Å²) in [6.45, 7) is -0.474. The maximum Gasteiger partial charge on any atom is 0.0789 e. The van der Waals surface area contributed by atoms with Crippen LogP contribution in [0.5, 0.6) is 0 Å². The minimum absolute atomic E-state index is 0.161. The molecule has 3 nitrogen and oxygen atoms in total. The molecule has 1 aliphatic heterocycles. The summed E-state index contributed by atoms with van der Waals surface area (Å²) < 4.78 is 16.3. The molecule has 1 aromatic rings. The zero-order valence-electron chi connectivity index (χ0n) is 10.7. The first-order chi connectivity index (χ1) is 8.05. The Morgan fingerprint density at radius 2 is 2.20 bits per heavy atom. The molecular weight excluding hydrogens is 188 g/mol. The molecule has 0 spiro atoms. The minimum atomic E-state index is -1.52. The Bertz CT molecular complexity index is 398. The van der Waals surface area contributed by atoms with Gasteiger partial charge >= 0.3 is 0 Å². The van der Waals surface area contributed by atoms with Crippen molar-refractivity contribution in [3.63, 3.8) is 0 Å². The first-order valence-corrected chi connectivity index (χ1v) is 5.27. The van der Waals surface area contributed by atoms with Crippen LogP contribution in [0.15, 0.2) is 24.3 Å². The van der Waals surface area contributed by atoms with Crippen molar-refractivity contribution in [3.05, 3.63) is 35.4 Å². The zero-order valence-corrected chi connectivity index (χ0v) is 8.69. The Balaban J connectivity index is 2.24. The number of fused-ring (bicyclic) bond motifs is 1. The van der Waals surface area contributed by atoms with Crippen molar-refractivity contribution in [2.45, 2.75) is 19.0 Å². The molecule has 3 heteroatoms. The molecule has 0 aromatic heterocycles. The van der Waals surface area contributed by atoms with E-state index in [1.807, 2.05) is 24.3 Å². The summed E-state index contributed by atoms with van der Waals surface area (Å²) >= 11 is 0. The fraction of sp³-hybridized carbons (Fsp3) is 0.500. The van der Waals surface area contributed by atoms with Crippen molar-refractivity contribution in [2.75, 3.05) is 19.6 Å². The highest BCUT2D eigenvalue weighted by molar-refractivity contribution is 5.29. The van der Waals surface area contributed by atoms with Crippen molar-refractivity contribution >= 4 is 0 Å². The van der Waals surface area contributed by atoms with Crippen LogP contribution in [-0.2, 0) is 12.9 Å². The van der Waals surface area contributed by atoms with Crippen molar-refractivity contribution in [2.24, 2.45) is 5.73 Å². The molecule has 1 atom stereocenters. The second kappa shape index (κ2) is 4.75. The fourth-order valence-electron chi connectivity index (χ4n) is 1.79. The van der Waals surface area contributed by atoms with Gasteiger partial charge in [-0.05, 0) is 17.5 Å². The van der Waals surface area contributed by atoms with Gasteiger partial charge in [-0.2, -0.15) is 0 Å². The predicted molar refractivity (Wildman–Crippen MR) is 60.5 cm³/mol. The van der Waals surface area contributed by atoms with Gasteiger partial charge in [0.1, 0.15) is 0 Å². The third-order valence-corrected chi connectivity index (χ3v) is 2.65. The van der Waals surface area contributed by atoms with Gasteiger partial charge in [-0.25, -0.2) is 0 Å². The molecule has 0 saturated heterocycles. The van der Waals surface area contributed by atoms with Crippen LogP contribution in [0.2, 0.25) is 0 Å². The molecule has 0 saturated carbocycles. The lowest BCUT2D eigenvalue weighted by Gasteiger charge is -2.29. The van der Waals surface area contributed by atoms with Gasteiger partial charge in [0.2, 0.25) is 0 Å². The second-order valence-corrected chi connectivity index (χ2v) is 3.85. The molecule has 2 rings (SSSR count). The number of aliphatic hydroxyl groups excluding tert-OH is 1. The van der Waals surface area contributed by atoms with E-state index in [9.17, 15) is 5.11 Å². The zero-order chi connectivity index (χ0) is 12.5. The topological polar surface area (TPSA) is 49.5 Å². The first-order valence-electron chi connectivity index (χ1n) is 6.27. The van der Waals surface area contributed by atoms with Crippen LogP contribution in [0.3, 0.4) is 0 Å². The highest BCUT2D eigenvalue weighted by atomic mass is 16.3. The van der Waals surface area contributed by atoms with Crippen LogP contribution in [-0.4, -0.2) is 35.7 Å². The number of β-amino-alcohol motifs (C(OH)–C–C–N with tert-alkyl or cyclic N) is 1. The highest BCUT2D eigenvalue weighted by Gasteiger charge is 2.17. The highest BCUT2D eigenvalue weighted by Crippen LogP contribution is 2.18. The molecule has 15 heavy (non-hydrogen) atoms. The van der Waals surface area contributed by atoms with Crippen molar-refractivity contribution in [1.82, 2.24) is 4.90 Å². The maximum absolute atomic E-state index is 9.56. The van der Waals surface area contributed by atoms with Gasteiger partial charge in [-0.15, -0.1) is 0 Å². The summed E-state index contributed by atoms with van der Waals surface area (Å²) in [7, 11) is 0. The van der Waals surface area contributed by atoms with Crippen LogP contribution in [0.1, 0.15) is 13.9 Å². The number of aliphatic hydroxyl groups is 1. The van der Waals surface area contributed by atoms with Crippen LogP contribution in [0, 0.1) is 0 Å². The van der Waals surface area contributed by atoms with Gasteiger partial charge in [0.05, 0.1) is 6.10 Å². The monoisotopic (exact) mass is 208 g/mol. The first kappa shape index (κ1) is 8.28. The van der Waals surface area contributed by atoms with Crippen LogP contribution in [0.4, 0.5) is 0 Å². The molecule has 0 fully saturated rings. The lowest BCUT2D eigenvalue weighted by Crippen LogP contribution is -2.39. The number of nitrogens with two attached hydrogens (primary N) is 1. The summed E-state index contributed by atoms with van der Waals surface area (Å²) in [4.78, 5) is 1.66. The third-order valence-electron chi connectivity index (χ3n) is 2.65. The van der Waals surface area contributed by atoms with Gasteiger partial charge in [0.25, 0.3) is 0 Å². The summed E-state index contributed by atoms with van der Waals surface area (Å²) in [5, 5.41) is 9.56. The van der Waals surface area contributed by atoms with E-state index in [1.165, 1.54) is 0 Å². The van der Waals surface area contributed by atoms with Gasteiger partial charge in [-0.1, -0.05) is 24.3 Å². The average Bonchev–Trinajstić information content (AvgIpc) is 2.33. The smallest absolute Gasteiger partial charge is 0.0789 e. The molecule has 1 aromatic carbocycles. The number of benzene rings is 1. The molecule has 0 aliphatic carbocycles. The molecule has 1 aliphatic rings. The molecule has 82 valence electrons. The molecule has 0 unspecified atom stereocenters. The Labute approximate surface area is 93.3 Å². The van der Waals surface area contributed by atoms with E-state index in [0.29, 0.717) is 12.1 Å². The third kappa shape index (κ3) is 2.56. The summed E-state index contributed by atoms with van der Waals surface area (Å²) in [5.74, 6) is 0. The van der Waals surface area contributed by atoms with Gasteiger partial charge in [0, 0.05) is 28.9 Å². The summed E-state index contributed by atoms with van der Waals surface area (Å²) in [5.41, 5.74) is 7.13. The molecule has 0 radical (unpaired) electrons. The maximum atomic E-state index is 9.56. The van der Waals surface area contributed by atoms with E-state index in [-0.39, 0.29) is 13.1 Å². The van der Waals surface area contributed by atoms with Crippen molar-refractivity contribution in [1.29, 1.82) is 0 Å². The van der Waals surface area contributed by atoms with Crippen LogP contribution >= 0.6 is 0 Å². The van der Waals surface area contributed by atoms with E-state index >= 15 is 0 Å². The molecule has 0 bridgehead atoms. The van der Waals surface area contributed by atoms with E-state index in [0.717, 1.165) is 12.0 Å². The largest absolute Gasteiger partial charge is 0.390 e. The average molecular weight is 208 g/mol. The molecule has 3 N–H and O–H groups in total. The van der Waals surface area contributed by atoms with E-state index in [1.54, 1.807) is 4.90 Å². The summed E-state index contributed by atoms with van der Waals surface area (Å²) in [6, 6.07) is 7.55. The number of hydrogen-bond acceptors (Lipinski definition) is 3. The lowest BCUT2D eigenvalue weighted by molar-refractivity contribution is 0.111. The number of hydrogen-bond donors (Lipinski definition) is 2. The van der Waals surface area contributed by atoms with Gasteiger partial charge in [0.15, 0.2) is 0 Å². The van der Waals surface area contributed by atoms with Gasteiger partial charge in [-0.3, -0.25) is 4.90 Å². The lowest BCUT2D eigenvalue weighted by atomic mass is 10.00. The minimum Gasteiger partial charge on any atom is -0.390 e. The quantitative estimate of drug-likeness (QED) is 0.754. The Morgan fingerprint density at radius 1 is 1.47 bits per heavy atom. The molecule has 0 amide bonds. The van der Waals surface area contributed by atoms with Gasteiger partial charge < -0.3 is 10.8 Å². The number of rotatable bonds is 3. The Hall–Kier alpha value is -0.900. The summed E-state index contributed by atoms with van der Waals surface area (Å²) in [6.07, 6.45) is 0.141. The SMILES string of the molecule is [2H]C1([2H])c2ccccc2CCN1C[C@@H](O)CN. The van der Waals surface area contributed by atoms with Crippen molar-refractivity contribution in [3.8, 4) is 0 Å². The van der Waals surface area contributed by atoms with E-state index < -0.39 is 12.6 Å². The van der Waals surface area contributed by atoms with E-state index in [2.05, 4.69) is 0 Å². The van der Waals surface area contributed by atoms with Crippen LogP contribution in [0.25, 0.3) is 0 Å². The molecule has 1 heterocycles. The van der Waals surface area contributed by atoms with Crippen LogP contribution < -0.4 is 5.73 Å². The standard InChI is InChI=1S/C12H18N2O/c13-7-12(15)9-14-6-5-10-3-1-2-4-11(10)8-14/h1-4,12,15H,5-9,13H2/t12-/m0/s1/i8D2. The number of nitrogens with zero attached hydrogens (tertiary/aromatic N) is 1. The fourth-order valence-corrected chi connectivity index (χ4v) is 1.79. The second-order valence-electron chi connectivity index (χ2n) is 3.85. The predicted octanol–water partition coefficient (Wildman–Crippen LogP) is 0.364. The Kier molecular flexibility index (Phi) is 2.62. The van der Waals surface area contributed by atoms with E-state index in [4.69, 9.17) is 8.48 Å². The van der Waals surface area contributed by atoms with Crippen molar-refractivity contribution < 1.29 is 7.85 Å².